The molecule has 6 nitrogen and oxygen atoms in total. The number of likely N-dealkylation sites (tertiary alicyclic amines) is 1. The Morgan fingerprint density at radius 3 is 2.25 bits per heavy atom. The van der Waals surface area contributed by atoms with Crippen LogP contribution in [0.3, 0.4) is 0 Å². The van der Waals surface area contributed by atoms with Crippen molar-refractivity contribution >= 4 is 17.7 Å². The van der Waals surface area contributed by atoms with Crippen molar-refractivity contribution in [3.8, 4) is 5.75 Å². The van der Waals surface area contributed by atoms with Crippen LogP contribution in [-0.4, -0.2) is 46.7 Å². The Hall–Kier alpha value is -2.24. The Morgan fingerprint density at radius 1 is 1.10 bits per heavy atom. The number of amides is 2. The van der Waals surface area contributed by atoms with Crippen LogP contribution in [0.2, 0.25) is 0 Å². The van der Waals surface area contributed by atoms with E-state index < -0.39 is 5.97 Å². The van der Waals surface area contributed by atoms with Crippen molar-refractivity contribution in [2.24, 2.45) is 0 Å². The lowest BCUT2D eigenvalue weighted by Crippen LogP contribution is -2.47. The number of benzene rings is 1. The fourth-order valence-electron chi connectivity index (χ4n) is 2.29. The molecule has 6 heteroatoms. The number of anilines is 1. The van der Waals surface area contributed by atoms with E-state index in [1.165, 1.54) is 17.0 Å². The Labute approximate surface area is 117 Å². The molecular formula is C14H18N2O4. The first-order valence-electron chi connectivity index (χ1n) is 6.65. The van der Waals surface area contributed by atoms with Gasteiger partial charge in [0.25, 0.3) is 0 Å². The van der Waals surface area contributed by atoms with Gasteiger partial charge < -0.3 is 15.1 Å². The number of phenolic OH excluding ortho intramolecular Hbond substituents is 1. The monoisotopic (exact) mass is 278 g/mol. The van der Waals surface area contributed by atoms with Crippen molar-refractivity contribution in [2.45, 2.75) is 19.3 Å². The Bertz CT molecular complexity index is 480. The smallest absolute Gasteiger partial charge is 0.325 e. The summed E-state index contributed by atoms with van der Waals surface area (Å²) in [4.78, 5) is 26.3. The van der Waals surface area contributed by atoms with Crippen molar-refractivity contribution in [3.05, 3.63) is 24.3 Å². The fraction of sp³-hybridized carbons (Fsp3) is 0.429. The van der Waals surface area contributed by atoms with Gasteiger partial charge in [-0.2, -0.15) is 0 Å². The lowest BCUT2D eigenvalue weighted by Gasteiger charge is -2.32. The molecule has 1 aromatic carbocycles. The number of urea groups is 1. The lowest BCUT2D eigenvalue weighted by atomic mass is 10.1. The zero-order valence-corrected chi connectivity index (χ0v) is 11.2. The molecule has 1 aliphatic heterocycles. The molecule has 0 aliphatic carbocycles. The number of aliphatic carboxylic acids is 1. The minimum absolute atomic E-state index is 0.0782. The van der Waals surface area contributed by atoms with Gasteiger partial charge in [-0.3, -0.25) is 9.69 Å². The van der Waals surface area contributed by atoms with Crippen LogP contribution >= 0.6 is 0 Å². The standard InChI is InChI=1S/C14H18N2O4/c17-12-6-4-11(5-7-12)16(10-13(18)19)14(20)15-8-2-1-3-9-15/h4-7,17H,1-3,8-10H2,(H,18,19). The number of phenols is 1. The summed E-state index contributed by atoms with van der Waals surface area (Å²) in [7, 11) is 0. The first-order chi connectivity index (χ1) is 9.58. The van der Waals surface area contributed by atoms with Crippen molar-refractivity contribution in [2.75, 3.05) is 24.5 Å². The molecule has 0 saturated carbocycles. The Kier molecular flexibility index (Phi) is 4.45. The molecule has 20 heavy (non-hydrogen) atoms. The van der Waals surface area contributed by atoms with Crippen molar-refractivity contribution in [3.63, 3.8) is 0 Å². The molecule has 0 atom stereocenters. The number of nitrogens with zero attached hydrogens (tertiary/aromatic N) is 2. The molecule has 0 radical (unpaired) electrons. The number of aromatic hydroxyl groups is 1. The van der Waals surface area contributed by atoms with E-state index in [2.05, 4.69) is 0 Å². The average molecular weight is 278 g/mol. The molecule has 2 rings (SSSR count). The zero-order chi connectivity index (χ0) is 14.5. The number of carbonyl (C=O) groups is 2. The fourth-order valence-corrected chi connectivity index (χ4v) is 2.29. The van der Waals surface area contributed by atoms with Crippen LogP contribution in [0.25, 0.3) is 0 Å². The maximum absolute atomic E-state index is 12.4. The zero-order valence-electron chi connectivity index (χ0n) is 11.2. The minimum Gasteiger partial charge on any atom is -0.508 e. The Balaban J connectivity index is 2.19. The molecular weight excluding hydrogens is 260 g/mol. The number of carboxylic acid groups (broad SMARTS) is 1. The van der Waals surface area contributed by atoms with Crippen LogP contribution in [-0.2, 0) is 4.79 Å². The summed E-state index contributed by atoms with van der Waals surface area (Å²) in [5, 5.41) is 18.3. The summed E-state index contributed by atoms with van der Waals surface area (Å²) in [5.41, 5.74) is 0.473. The molecule has 1 aliphatic rings. The minimum atomic E-state index is -1.07. The van der Waals surface area contributed by atoms with E-state index >= 15 is 0 Å². The van der Waals surface area contributed by atoms with E-state index in [1.807, 2.05) is 0 Å². The largest absolute Gasteiger partial charge is 0.508 e. The highest BCUT2D eigenvalue weighted by Crippen LogP contribution is 2.21. The van der Waals surface area contributed by atoms with Crippen LogP contribution in [0, 0.1) is 0 Å². The van der Waals surface area contributed by atoms with E-state index in [0.717, 1.165) is 19.3 Å². The maximum Gasteiger partial charge on any atom is 0.325 e. The highest BCUT2D eigenvalue weighted by atomic mass is 16.4. The number of rotatable bonds is 3. The molecule has 108 valence electrons. The normalized spacial score (nSPS) is 14.9. The number of carbonyl (C=O) groups excluding carboxylic acids is 1. The van der Waals surface area contributed by atoms with Crippen LogP contribution in [0.15, 0.2) is 24.3 Å². The summed E-state index contributed by atoms with van der Waals surface area (Å²) in [6.45, 7) is 0.931. The number of carboxylic acids is 1. The molecule has 2 N–H and O–H groups in total. The lowest BCUT2D eigenvalue weighted by molar-refractivity contribution is -0.135. The second-order valence-electron chi connectivity index (χ2n) is 4.83. The Morgan fingerprint density at radius 2 is 1.70 bits per heavy atom. The van der Waals surface area contributed by atoms with E-state index in [4.69, 9.17) is 5.11 Å². The number of hydrogen-bond acceptors (Lipinski definition) is 3. The molecule has 2 amide bonds. The van der Waals surface area contributed by atoms with Crippen molar-refractivity contribution < 1.29 is 19.8 Å². The van der Waals surface area contributed by atoms with E-state index in [1.54, 1.807) is 17.0 Å². The quantitative estimate of drug-likeness (QED) is 0.884. The van der Waals surface area contributed by atoms with Crippen LogP contribution in [0.4, 0.5) is 10.5 Å². The molecule has 1 heterocycles. The van der Waals surface area contributed by atoms with E-state index in [9.17, 15) is 14.7 Å². The van der Waals surface area contributed by atoms with Crippen LogP contribution < -0.4 is 4.90 Å². The molecule has 1 saturated heterocycles. The third kappa shape index (κ3) is 3.40. The van der Waals surface area contributed by atoms with Gasteiger partial charge in [0.15, 0.2) is 0 Å². The highest BCUT2D eigenvalue weighted by Gasteiger charge is 2.25. The molecule has 0 unspecified atom stereocenters. The van der Waals surface area contributed by atoms with Gasteiger partial charge in [0.1, 0.15) is 12.3 Å². The predicted molar refractivity (Wildman–Crippen MR) is 73.9 cm³/mol. The summed E-state index contributed by atoms with van der Waals surface area (Å²) < 4.78 is 0. The highest BCUT2D eigenvalue weighted by molar-refractivity contribution is 5.96. The van der Waals surface area contributed by atoms with Gasteiger partial charge in [-0.25, -0.2) is 4.79 Å². The second-order valence-corrected chi connectivity index (χ2v) is 4.83. The van der Waals surface area contributed by atoms with Crippen molar-refractivity contribution in [1.29, 1.82) is 0 Å². The van der Waals surface area contributed by atoms with Gasteiger partial charge in [-0.1, -0.05) is 0 Å². The van der Waals surface area contributed by atoms with Gasteiger partial charge in [-0.05, 0) is 43.5 Å². The van der Waals surface area contributed by atoms with Gasteiger partial charge in [0.05, 0.1) is 0 Å². The first-order valence-corrected chi connectivity index (χ1v) is 6.65. The number of piperidine rings is 1. The summed E-state index contributed by atoms with van der Waals surface area (Å²) in [6.07, 6.45) is 2.99. The van der Waals surface area contributed by atoms with Crippen molar-refractivity contribution in [1.82, 2.24) is 4.90 Å². The average Bonchev–Trinajstić information content (AvgIpc) is 2.46. The maximum atomic E-state index is 12.4. The topological polar surface area (TPSA) is 81.1 Å². The first kappa shape index (κ1) is 14.2. The second kappa shape index (κ2) is 6.27. The van der Waals surface area contributed by atoms with E-state index in [0.29, 0.717) is 18.8 Å². The third-order valence-electron chi connectivity index (χ3n) is 3.31. The summed E-state index contributed by atoms with van der Waals surface area (Å²) in [6, 6.07) is 5.67. The molecule has 1 fully saturated rings. The van der Waals surface area contributed by atoms with Gasteiger partial charge in [0, 0.05) is 18.8 Å². The van der Waals surface area contributed by atoms with Gasteiger partial charge in [-0.15, -0.1) is 0 Å². The van der Waals surface area contributed by atoms with E-state index in [-0.39, 0.29) is 18.3 Å². The van der Waals surface area contributed by atoms with Gasteiger partial charge >= 0.3 is 12.0 Å². The molecule has 0 aromatic heterocycles. The van der Waals surface area contributed by atoms with Gasteiger partial charge in [0.2, 0.25) is 0 Å². The number of hydrogen-bond donors (Lipinski definition) is 2. The van der Waals surface area contributed by atoms with Crippen LogP contribution in [0.1, 0.15) is 19.3 Å². The van der Waals surface area contributed by atoms with Crippen LogP contribution in [0.5, 0.6) is 5.75 Å². The molecule has 1 aromatic rings. The third-order valence-corrected chi connectivity index (χ3v) is 3.31. The summed E-state index contributed by atoms with van der Waals surface area (Å²) in [5.74, 6) is -0.988. The predicted octanol–water partition coefficient (Wildman–Crippen LogP) is 1.89. The molecule has 0 spiro atoms. The summed E-state index contributed by atoms with van der Waals surface area (Å²) >= 11 is 0. The molecule has 0 bridgehead atoms. The SMILES string of the molecule is O=C(O)CN(C(=O)N1CCCCC1)c1ccc(O)cc1.